The Balaban J connectivity index is 2.46. The third kappa shape index (κ3) is 4.14. The van der Waals surface area contributed by atoms with Gasteiger partial charge in [-0.05, 0) is 25.5 Å². The zero-order chi connectivity index (χ0) is 11.1. The predicted molar refractivity (Wildman–Crippen MR) is 63.3 cm³/mol. The first-order chi connectivity index (χ1) is 7.26. The Morgan fingerprint density at radius 2 is 2.33 bits per heavy atom. The Labute approximate surface area is 92.1 Å². The molecule has 0 bridgehead atoms. The maximum atomic E-state index is 5.29. The molecule has 1 atom stereocenters. The lowest BCUT2D eigenvalue weighted by molar-refractivity contribution is 0.502. The van der Waals surface area contributed by atoms with Crippen molar-refractivity contribution < 1.29 is 0 Å². The van der Waals surface area contributed by atoms with Gasteiger partial charge in [-0.25, -0.2) is 0 Å². The van der Waals surface area contributed by atoms with Crippen LogP contribution in [0.4, 0.5) is 0 Å². The molecule has 1 aromatic rings. The molecule has 0 spiro atoms. The largest absolute Gasteiger partial charge is 0.307 e. The second-order valence-corrected chi connectivity index (χ2v) is 3.66. The first kappa shape index (κ1) is 11.7. The lowest BCUT2D eigenvalue weighted by Crippen LogP contribution is -2.27. The van der Waals surface area contributed by atoms with E-state index in [1.165, 1.54) is 0 Å². The molecule has 0 aromatic carbocycles. The van der Waals surface area contributed by atoms with Crippen molar-refractivity contribution in [3.8, 4) is 12.3 Å². The lowest BCUT2D eigenvalue weighted by Gasteiger charge is -2.13. The molecule has 1 heterocycles. The Bertz CT molecular complexity index is 339. The number of terminal acetylenes is 1. The van der Waals surface area contributed by atoms with E-state index in [9.17, 15) is 0 Å². The molecular formula is C13H18N2. The minimum Gasteiger partial charge on any atom is -0.307 e. The van der Waals surface area contributed by atoms with Gasteiger partial charge in [0, 0.05) is 24.7 Å². The molecule has 0 aliphatic carbocycles. The van der Waals surface area contributed by atoms with Crippen molar-refractivity contribution >= 4 is 0 Å². The zero-order valence-corrected chi connectivity index (χ0v) is 9.46. The minimum absolute atomic E-state index is 0.400. The van der Waals surface area contributed by atoms with Crippen molar-refractivity contribution in [3.63, 3.8) is 0 Å². The highest BCUT2D eigenvalue weighted by Crippen LogP contribution is 2.01. The van der Waals surface area contributed by atoms with Crippen molar-refractivity contribution in [1.82, 2.24) is 10.3 Å². The summed E-state index contributed by atoms with van der Waals surface area (Å²) >= 11 is 0. The monoisotopic (exact) mass is 202 g/mol. The van der Waals surface area contributed by atoms with E-state index >= 15 is 0 Å². The third-order valence-electron chi connectivity index (χ3n) is 2.37. The molecule has 2 heteroatoms. The fourth-order valence-corrected chi connectivity index (χ4v) is 1.45. The van der Waals surface area contributed by atoms with Gasteiger partial charge in [0.1, 0.15) is 0 Å². The molecule has 15 heavy (non-hydrogen) atoms. The van der Waals surface area contributed by atoms with E-state index in [4.69, 9.17) is 6.42 Å². The Morgan fingerprint density at radius 1 is 1.53 bits per heavy atom. The number of hydrogen-bond donors (Lipinski definition) is 1. The summed E-state index contributed by atoms with van der Waals surface area (Å²) in [5, 5.41) is 3.41. The van der Waals surface area contributed by atoms with E-state index in [-0.39, 0.29) is 0 Å². The zero-order valence-electron chi connectivity index (χ0n) is 9.46. The molecule has 80 valence electrons. The van der Waals surface area contributed by atoms with Crippen LogP contribution in [0.2, 0.25) is 0 Å². The molecule has 0 aliphatic heterocycles. The van der Waals surface area contributed by atoms with Crippen molar-refractivity contribution in [2.24, 2.45) is 0 Å². The van der Waals surface area contributed by atoms with E-state index in [0.717, 1.165) is 30.8 Å². The van der Waals surface area contributed by atoms with Crippen LogP contribution in [-0.2, 0) is 6.54 Å². The molecule has 0 saturated heterocycles. The summed E-state index contributed by atoms with van der Waals surface area (Å²) in [6.45, 7) is 4.93. The van der Waals surface area contributed by atoms with Crippen LogP contribution in [0.25, 0.3) is 0 Å². The van der Waals surface area contributed by atoms with E-state index in [1.807, 2.05) is 25.1 Å². The minimum atomic E-state index is 0.400. The van der Waals surface area contributed by atoms with E-state index in [0.29, 0.717) is 6.04 Å². The van der Waals surface area contributed by atoms with Crippen LogP contribution >= 0.6 is 0 Å². The Morgan fingerprint density at radius 3 is 2.93 bits per heavy atom. The highest BCUT2D eigenvalue weighted by molar-refractivity contribution is 5.09. The topological polar surface area (TPSA) is 24.9 Å². The van der Waals surface area contributed by atoms with Crippen LogP contribution in [-0.4, -0.2) is 11.0 Å². The van der Waals surface area contributed by atoms with Crippen LogP contribution in [0.5, 0.6) is 0 Å². The second-order valence-electron chi connectivity index (χ2n) is 3.66. The molecule has 0 amide bonds. The summed E-state index contributed by atoms with van der Waals surface area (Å²) in [4.78, 5) is 4.43. The van der Waals surface area contributed by atoms with Crippen molar-refractivity contribution in [3.05, 3.63) is 29.6 Å². The van der Waals surface area contributed by atoms with Crippen LogP contribution in [0.1, 0.15) is 31.2 Å². The fourth-order valence-electron chi connectivity index (χ4n) is 1.45. The molecule has 0 saturated carbocycles. The van der Waals surface area contributed by atoms with Gasteiger partial charge in [0.15, 0.2) is 0 Å². The molecule has 0 aliphatic rings. The summed E-state index contributed by atoms with van der Waals surface area (Å²) in [7, 11) is 0. The average Bonchev–Trinajstić information content (AvgIpc) is 2.24. The quantitative estimate of drug-likeness (QED) is 0.741. The van der Waals surface area contributed by atoms with Gasteiger partial charge in [-0.1, -0.05) is 13.0 Å². The standard InChI is InChI=1S/C13H18N2/c1-4-7-12(5-2)14-10-13-9-6-8-11(3)15-13/h1,6,8-9,12,14H,5,7,10H2,2-3H3. The number of hydrogen-bond acceptors (Lipinski definition) is 2. The lowest BCUT2D eigenvalue weighted by atomic mass is 10.1. The number of aromatic nitrogens is 1. The highest BCUT2D eigenvalue weighted by Gasteiger charge is 2.03. The fraction of sp³-hybridized carbons (Fsp3) is 0.462. The average molecular weight is 202 g/mol. The Kier molecular flexibility index (Phi) is 4.86. The summed E-state index contributed by atoms with van der Waals surface area (Å²) in [5.74, 6) is 2.68. The molecule has 0 fully saturated rings. The molecule has 1 unspecified atom stereocenters. The van der Waals surface area contributed by atoms with Crippen LogP contribution < -0.4 is 5.32 Å². The number of rotatable bonds is 5. The van der Waals surface area contributed by atoms with Crippen LogP contribution in [0.15, 0.2) is 18.2 Å². The number of nitrogens with zero attached hydrogens (tertiary/aromatic N) is 1. The van der Waals surface area contributed by atoms with Crippen LogP contribution in [0.3, 0.4) is 0 Å². The second kappa shape index (κ2) is 6.21. The van der Waals surface area contributed by atoms with Gasteiger partial charge in [0.2, 0.25) is 0 Å². The van der Waals surface area contributed by atoms with Gasteiger partial charge >= 0.3 is 0 Å². The molecular weight excluding hydrogens is 184 g/mol. The first-order valence-electron chi connectivity index (χ1n) is 5.35. The number of aryl methyl sites for hydroxylation is 1. The van der Waals surface area contributed by atoms with E-state index < -0.39 is 0 Å². The molecule has 1 N–H and O–H groups in total. The molecule has 1 aromatic heterocycles. The third-order valence-corrected chi connectivity index (χ3v) is 2.37. The van der Waals surface area contributed by atoms with Gasteiger partial charge in [0.05, 0.1) is 5.69 Å². The number of nitrogens with one attached hydrogen (secondary N) is 1. The van der Waals surface area contributed by atoms with Gasteiger partial charge in [-0.15, -0.1) is 12.3 Å². The summed E-state index contributed by atoms with van der Waals surface area (Å²) in [6, 6.07) is 6.46. The smallest absolute Gasteiger partial charge is 0.0544 e. The van der Waals surface area contributed by atoms with Crippen molar-refractivity contribution in [1.29, 1.82) is 0 Å². The SMILES string of the molecule is C#CCC(CC)NCc1cccc(C)n1. The maximum Gasteiger partial charge on any atom is 0.0544 e. The normalized spacial score (nSPS) is 12.1. The van der Waals surface area contributed by atoms with Gasteiger partial charge in [-0.2, -0.15) is 0 Å². The van der Waals surface area contributed by atoms with Crippen LogP contribution in [0, 0.1) is 19.3 Å². The highest BCUT2D eigenvalue weighted by atomic mass is 14.9. The Hall–Kier alpha value is -1.33. The van der Waals surface area contributed by atoms with Crippen molar-refractivity contribution in [2.45, 2.75) is 39.3 Å². The number of pyridine rings is 1. The van der Waals surface area contributed by atoms with Gasteiger partial charge in [-0.3, -0.25) is 4.98 Å². The van der Waals surface area contributed by atoms with Crippen molar-refractivity contribution in [2.75, 3.05) is 0 Å². The van der Waals surface area contributed by atoms with Gasteiger partial charge in [0.25, 0.3) is 0 Å². The predicted octanol–water partition coefficient (Wildman–Crippen LogP) is 2.28. The summed E-state index contributed by atoms with van der Waals surface area (Å²) in [6.07, 6.45) is 7.12. The van der Waals surface area contributed by atoms with E-state index in [1.54, 1.807) is 0 Å². The van der Waals surface area contributed by atoms with Gasteiger partial charge < -0.3 is 5.32 Å². The molecule has 1 rings (SSSR count). The van der Waals surface area contributed by atoms with E-state index in [2.05, 4.69) is 23.1 Å². The first-order valence-corrected chi connectivity index (χ1v) is 5.35. The maximum absolute atomic E-state index is 5.29. The summed E-state index contributed by atoms with van der Waals surface area (Å²) in [5.41, 5.74) is 2.13. The molecule has 0 radical (unpaired) electrons. The summed E-state index contributed by atoms with van der Waals surface area (Å²) < 4.78 is 0. The molecule has 2 nitrogen and oxygen atoms in total.